The van der Waals surface area contributed by atoms with Crippen molar-refractivity contribution in [1.82, 2.24) is 9.97 Å². The van der Waals surface area contributed by atoms with Crippen molar-refractivity contribution in [2.75, 3.05) is 13.2 Å². The molecule has 0 fully saturated rings. The highest BCUT2D eigenvalue weighted by Gasteiger charge is 2.28. The molecule has 0 bridgehead atoms. The van der Waals surface area contributed by atoms with Crippen LogP contribution in [0.2, 0.25) is 0 Å². The highest BCUT2D eigenvalue weighted by Crippen LogP contribution is 2.36. The molecule has 110 valence electrons. The third-order valence-corrected chi connectivity index (χ3v) is 4.08. The molecule has 1 unspecified atom stereocenters. The zero-order valence-corrected chi connectivity index (χ0v) is 12.6. The molecule has 1 aliphatic rings. The number of aryl methyl sites for hydroxylation is 2. The predicted molar refractivity (Wildman–Crippen MR) is 82.7 cm³/mol. The largest absolute Gasteiger partial charge is 0.492 e. The second-order valence-electron chi connectivity index (χ2n) is 5.52. The van der Waals surface area contributed by atoms with Gasteiger partial charge in [0.15, 0.2) is 0 Å². The maximum atomic E-state index is 5.74. The molecule has 0 aliphatic carbocycles. The monoisotopic (exact) mass is 283 g/mol. The standard InChI is InChI=1S/C17H21N3O/c1-11-13(7-5-9-18)12(2)20-17(19-11)15-10-21-16-8-4-3-6-14(15)16/h3-4,6,8,15H,5,7,9-10,18H2,1-2H3. The van der Waals surface area contributed by atoms with Crippen molar-refractivity contribution in [3.63, 3.8) is 0 Å². The first-order valence-corrected chi connectivity index (χ1v) is 7.46. The number of fused-ring (bicyclic) bond motifs is 1. The highest BCUT2D eigenvalue weighted by molar-refractivity contribution is 5.43. The molecular formula is C17H21N3O. The van der Waals surface area contributed by atoms with Crippen molar-refractivity contribution in [3.8, 4) is 5.75 Å². The Kier molecular flexibility index (Phi) is 3.88. The van der Waals surface area contributed by atoms with E-state index in [2.05, 4.69) is 19.9 Å². The van der Waals surface area contributed by atoms with E-state index in [-0.39, 0.29) is 5.92 Å². The SMILES string of the molecule is Cc1nc(C2COc3ccccc32)nc(C)c1CCCN. The predicted octanol–water partition coefficient (Wildman–Crippen LogP) is 2.51. The summed E-state index contributed by atoms with van der Waals surface area (Å²) < 4.78 is 5.74. The molecule has 21 heavy (non-hydrogen) atoms. The van der Waals surface area contributed by atoms with Crippen molar-refractivity contribution in [2.45, 2.75) is 32.6 Å². The lowest BCUT2D eigenvalue weighted by Crippen LogP contribution is -2.13. The fraction of sp³-hybridized carbons (Fsp3) is 0.412. The number of hydrogen-bond acceptors (Lipinski definition) is 4. The summed E-state index contributed by atoms with van der Waals surface area (Å²) in [6.45, 7) is 5.45. The molecule has 0 amide bonds. The Hall–Kier alpha value is -1.94. The smallest absolute Gasteiger partial charge is 0.139 e. The minimum atomic E-state index is 0.141. The summed E-state index contributed by atoms with van der Waals surface area (Å²) in [5, 5.41) is 0. The van der Waals surface area contributed by atoms with Crippen LogP contribution in [-0.4, -0.2) is 23.1 Å². The second kappa shape index (κ2) is 5.82. The Labute approximate surface area is 125 Å². The number of nitrogens with two attached hydrogens (primary N) is 1. The Bertz CT molecular complexity index is 631. The summed E-state index contributed by atoms with van der Waals surface area (Å²) in [7, 11) is 0. The zero-order chi connectivity index (χ0) is 14.8. The normalized spacial score (nSPS) is 16.6. The van der Waals surface area contributed by atoms with Gasteiger partial charge in [0, 0.05) is 17.0 Å². The summed E-state index contributed by atoms with van der Waals surface area (Å²) in [4.78, 5) is 9.47. The van der Waals surface area contributed by atoms with Gasteiger partial charge in [0.1, 0.15) is 18.2 Å². The molecule has 1 aliphatic heterocycles. The van der Waals surface area contributed by atoms with E-state index in [1.165, 1.54) is 11.1 Å². The van der Waals surface area contributed by atoms with Crippen LogP contribution in [0, 0.1) is 13.8 Å². The quantitative estimate of drug-likeness (QED) is 0.936. The van der Waals surface area contributed by atoms with E-state index in [1.807, 2.05) is 18.2 Å². The van der Waals surface area contributed by atoms with Crippen LogP contribution in [0.3, 0.4) is 0 Å². The molecule has 0 radical (unpaired) electrons. The fourth-order valence-corrected chi connectivity index (χ4v) is 2.94. The molecule has 1 atom stereocenters. The molecule has 1 aromatic carbocycles. The first-order chi connectivity index (χ1) is 10.2. The van der Waals surface area contributed by atoms with E-state index in [0.717, 1.165) is 35.8 Å². The van der Waals surface area contributed by atoms with Gasteiger partial charge < -0.3 is 10.5 Å². The van der Waals surface area contributed by atoms with Gasteiger partial charge in [0.2, 0.25) is 0 Å². The number of para-hydroxylation sites is 1. The van der Waals surface area contributed by atoms with Crippen molar-refractivity contribution >= 4 is 0 Å². The Morgan fingerprint density at radius 1 is 1.19 bits per heavy atom. The zero-order valence-electron chi connectivity index (χ0n) is 12.6. The van der Waals surface area contributed by atoms with Crippen LogP contribution in [0.15, 0.2) is 24.3 Å². The van der Waals surface area contributed by atoms with Crippen LogP contribution in [0.5, 0.6) is 5.75 Å². The van der Waals surface area contributed by atoms with Gasteiger partial charge >= 0.3 is 0 Å². The number of rotatable bonds is 4. The third kappa shape index (κ3) is 2.63. The minimum absolute atomic E-state index is 0.141. The average molecular weight is 283 g/mol. The first-order valence-electron chi connectivity index (χ1n) is 7.46. The molecule has 2 heterocycles. The van der Waals surface area contributed by atoms with Crippen molar-refractivity contribution in [1.29, 1.82) is 0 Å². The topological polar surface area (TPSA) is 61.0 Å². The lowest BCUT2D eigenvalue weighted by atomic mass is 9.99. The van der Waals surface area contributed by atoms with Gasteiger partial charge in [-0.3, -0.25) is 0 Å². The molecule has 0 saturated heterocycles. The molecule has 2 N–H and O–H groups in total. The summed E-state index contributed by atoms with van der Waals surface area (Å²) >= 11 is 0. The summed E-state index contributed by atoms with van der Waals surface area (Å²) in [5.74, 6) is 1.96. The molecule has 1 aromatic heterocycles. The van der Waals surface area contributed by atoms with Gasteiger partial charge in [-0.15, -0.1) is 0 Å². The van der Waals surface area contributed by atoms with Crippen LogP contribution in [-0.2, 0) is 6.42 Å². The second-order valence-corrected chi connectivity index (χ2v) is 5.52. The highest BCUT2D eigenvalue weighted by atomic mass is 16.5. The van der Waals surface area contributed by atoms with Gasteiger partial charge in [0.25, 0.3) is 0 Å². The minimum Gasteiger partial charge on any atom is -0.492 e. The van der Waals surface area contributed by atoms with E-state index in [0.29, 0.717) is 13.2 Å². The van der Waals surface area contributed by atoms with Crippen molar-refractivity contribution in [3.05, 3.63) is 52.6 Å². The number of nitrogens with zero attached hydrogens (tertiary/aromatic N) is 2. The van der Waals surface area contributed by atoms with Crippen molar-refractivity contribution < 1.29 is 4.74 Å². The van der Waals surface area contributed by atoms with Crippen molar-refractivity contribution in [2.24, 2.45) is 5.73 Å². The molecule has 3 rings (SSSR count). The van der Waals surface area contributed by atoms with E-state index in [1.54, 1.807) is 0 Å². The van der Waals surface area contributed by atoms with Crippen LogP contribution < -0.4 is 10.5 Å². The summed E-state index contributed by atoms with van der Waals surface area (Å²) in [6, 6.07) is 8.14. The lowest BCUT2D eigenvalue weighted by Gasteiger charge is -2.13. The number of hydrogen-bond donors (Lipinski definition) is 1. The van der Waals surface area contributed by atoms with E-state index < -0.39 is 0 Å². The molecule has 2 aromatic rings. The molecule has 0 saturated carbocycles. The first kappa shape index (κ1) is 14.0. The fourth-order valence-electron chi connectivity index (χ4n) is 2.94. The van der Waals surface area contributed by atoms with Gasteiger partial charge in [0.05, 0.1) is 5.92 Å². The van der Waals surface area contributed by atoms with Gasteiger partial charge in [-0.1, -0.05) is 18.2 Å². The number of aromatic nitrogens is 2. The van der Waals surface area contributed by atoms with E-state index in [9.17, 15) is 0 Å². The maximum Gasteiger partial charge on any atom is 0.139 e. The maximum absolute atomic E-state index is 5.74. The van der Waals surface area contributed by atoms with Crippen LogP contribution >= 0.6 is 0 Å². The Morgan fingerprint density at radius 2 is 1.90 bits per heavy atom. The molecule has 4 nitrogen and oxygen atoms in total. The van der Waals surface area contributed by atoms with Crippen LogP contribution in [0.1, 0.15) is 40.7 Å². The van der Waals surface area contributed by atoms with Gasteiger partial charge in [-0.05, 0) is 44.9 Å². The Morgan fingerprint density at radius 3 is 2.62 bits per heavy atom. The Balaban J connectivity index is 1.94. The molecule has 4 heteroatoms. The van der Waals surface area contributed by atoms with Crippen LogP contribution in [0.25, 0.3) is 0 Å². The van der Waals surface area contributed by atoms with Gasteiger partial charge in [-0.2, -0.15) is 0 Å². The summed E-state index contributed by atoms with van der Waals surface area (Å²) in [6.07, 6.45) is 1.92. The molecule has 0 spiro atoms. The molecular weight excluding hydrogens is 262 g/mol. The van der Waals surface area contributed by atoms with E-state index in [4.69, 9.17) is 20.4 Å². The van der Waals surface area contributed by atoms with E-state index >= 15 is 0 Å². The van der Waals surface area contributed by atoms with Gasteiger partial charge in [-0.25, -0.2) is 9.97 Å². The van der Waals surface area contributed by atoms with Crippen LogP contribution in [0.4, 0.5) is 0 Å². The summed E-state index contributed by atoms with van der Waals surface area (Å²) in [5.41, 5.74) is 10.2. The third-order valence-electron chi connectivity index (χ3n) is 4.08. The lowest BCUT2D eigenvalue weighted by molar-refractivity contribution is 0.339. The number of ether oxygens (including phenoxy) is 1. The average Bonchev–Trinajstić information content (AvgIpc) is 2.90. The number of benzene rings is 1.